The molecule has 0 fully saturated rings. The number of benzene rings is 2. The fourth-order valence-corrected chi connectivity index (χ4v) is 5.34. The van der Waals surface area contributed by atoms with Crippen molar-refractivity contribution in [3.63, 3.8) is 0 Å². The lowest BCUT2D eigenvalue weighted by Gasteiger charge is -2.11. The number of amidine groups is 1. The molecule has 2 aromatic carbocycles. The summed E-state index contributed by atoms with van der Waals surface area (Å²) in [6.07, 6.45) is 4.49. The summed E-state index contributed by atoms with van der Waals surface area (Å²) in [6.45, 7) is 3.52. The lowest BCUT2D eigenvalue weighted by molar-refractivity contribution is -0.116. The number of aliphatic imine (C=N–C) groups is 1. The van der Waals surface area contributed by atoms with Gasteiger partial charge in [-0.25, -0.2) is 13.2 Å². The highest BCUT2D eigenvalue weighted by molar-refractivity contribution is 7.90. The maximum Gasteiger partial charge on any atom is 0.329 e. The minimum absolute atomic E-state index is 0.109. The molecule has 0 unspecified atom stereocenters. The molecule has 0 saturated heterocycles. The highest BCUT2D eigenvalue weighted by Gasteiger charge is 2.18. The third kappa shape index (κ3) is 5.82. The van der Waals surface area contributed by atoms with Gasteiger partial charge in [-0.2, -0.15) is 0 Å². The van der Waals surface area contributed by atoms with Gasteiger partial charge in [-0.15, -0.1) is 0 Å². The number of carbonyl (C=O) groups excluding carboxylic acids is 1. The van der Waals surface area contributed by atoms with Gasteiger partial charge in [0.1, 0.15) is 5.84 Å². The number of aromatic nitrogens is 2. The number of amides is 1. The molecule has 1 aromatic heterocycles. The van der Waals surface area contributed by atoms with E-state index in [1.807, 2.05) is 31.2 Å². The summed E-state index contributed by atoms with van der Waals surface area (Å²) in [6, 6.07) is 13.6. The van der Waals surface area contributed by atoms with E-state index in [2.05, 4.69) is 15.0 Å². The van der Waals surface area contributed by atoms with Gasteiger partial charge in [-0.1, -0.05) is 25.5 Å². The number of aryl methyl sites for hydroxylation is 2. The molecule has 186 valence electrons. The number of hydrogen-bond acceptors (Lipinski definition) is 5. The van der Waals surface area contributed by atoms with Gasteiger partial charge in [0.2, 0.25) is 5.91 Å². The maximum absolute atomic E-state index is 12.9. The van der Waals surface area contributed by atoms with Crippen molar-refractivity contribution >= 4 is 38.5 Å². The van der Waals surface area contributed by atoms with Gasteiger partial charge < -0.3 is 5.32 Å². The third-order valence-electron chi connectivity index (χ3n) is 6.01. The molecule has 4 rings (SSSR count). The molecule has 3 aromatic rings. The zero-order chi connectivity index (χ0) is 24.8. The van der Waals surface area contributed by atoms with Gasteiger partial charge >= 0.3 is 5.69 Å². The summed E-state index contributed by atoms with van der Waals surface area (Å²) < 4.78 is 31.3. The van der Waals surface area contributed by atoms with Crippen LogP contribution >= 0.6 is 0 Å². The van der Waals surface area contributed by atoms with Crippen LogP contribution in [0.2, 0.25) is 0 Å². The maximum atomic E-state index is 12.9. The molecule has 0 radical (unpaired) electrons. The van der Waals surface area contributed by atoms with Crippen molar-refractivity contribution in [2.75, 3.05) is 11.9 Å². The van der Waals surface area contributed by atoms with E-state index in [-0.39, 0.29) is 29.5 Å². The Morgan fingerprint density at radius 1 is 0.971 bits per heavy atom. The Labute approximate surface area is 204 Å². The zero-order valence-electron chi connectivity index (χ0n) is 19.9. The lowest BCUT2D eigenvalue weighted by Crippen LogP contribution is -2.30. The minimum Gasteiger partial charge on any atom is -0.326 e. The van der Waals surface area contributed by atoms with Crippen LogP contribution in [-0.4, -0.2) is 35.8 Å². The first kappa shape index (κ1) is 24.7. The summed E-state index contributed by atoms with van der Waals surface area (Å²) in [4.78, 5) is 29.9. The van der Waals surface area contributed by atoms with Gasteiger partial charge in [-0.3, -0.25) is 23.6 Å². The van der Waals surface area contributed by atoms with Crippen LogP contribution in [-0.2, 0) is 27.9 Å². The number of sulfonamides is 1. The number of hydrogen-bond donors (Lipinski definition) is 2. The first-order chi connectivity index (χ1) is 16.9. The van der Waals surface area contributed by atoms with Crippen molar-refractivity contribution < 1.29 is 13.2 Å². The molecule has 1 amide bonds. The van der Waals surface area contributed by atoms with Crippen molar-refractivity contribution in [2.45, 2.75) is 63.4 Å². The van der Waals surface area contributed by atoms with Crippen molar-refractivity contribution in [2.24, 2.45) is 4.99 Å². The molecule has 35 heavy (non-hydrogen) atoms. The van der Waals surface area contributed by atoms with Crippen LogP contribution in [0.4, 0.5) is 5.69 Å². The molecule has 1 aliphatic heterocycles. The van der Waals surface area contributed by atoms with Crippen LogP contribution in [0.25, 0.3) is 11.0 Å². The Kier molecular flexibility index (Phi) is 7.70. The van der Waals surface area contributed by atoms with Gasteiger partial charge in [0.25, 0.3) is 10.0 Å². The zero-order valence-corrected chi connectivity index (χ0v) is 20.7. The van der Waals surface area contributed by atoms with E-state index in [1.54, 1.807) is 21.3 Å². The van der Waals surface area contributed by atoms with Crippen LogP contribution in [0.3, 0.4) is 0 Å². The fraction of sp³-hybridized carbons (Fsp3) is 0.400. The Morgan fingerprint density at radius 3 is 2.34 bits per heavy atom. The summed E-state index contributed by atoms with van der Waals surface area (Å²) in [5, 5.41) is 2.78. The van der Waals surface area contributed by atoms with Crippen LogP contribution in [0, 0.1) is 0 Å². The Morgan fingerprint density at radius 2 is 1.66 bits per heavy atom. The molecule has 0 spiro atoms. The SMILES string of the molecule is CCCn1c(=O)n(CCC(=O)Nc2ccc(S(=O)(=O)NC3=NCCCCC3)cc2)c2ccccc21. The summed E-state index contributed by atoms with van der Waals surface area (Å²) >= 11 is 0. The average molecular weight is 498 g/mol. The second kappa shape index (κ2) is 10.9. The molecule has 0 bridgehead atoms. The van der Waals surface area contributed by atoms with E-state index in [1.165, 1.54) is 12.1 Å². The predicted molar refractivity (Wildman–Crippen MR) is 137 cm³/mol. The molecule has 0 saturated carbocycles. The molecular formula is C25H31N5O4S. The number of nitrogens with zero attached hydrogens (tertiary/aromatic N) is 3. The largest absolute Gasteiger partial charge is 0.329 e. The van der Waals surface area contributed by atoms with Crippen molar-refractivity contribution in [1.29, 1.82) is 0 Å². The van der Waals surface area contributed by atoms with Crippen LogP contribution < -0.4 is 15.7 Å². The molecule has 10 heteroatoms. The number of carbonyl (C=O) groups is 1. The Bertz CT molecular complexity index is 1390. The van der Waals surface area contributed by atoms with E-state index in [4.69, 9.17) is 0 Å². The minimum atomic E-state index is -3.73. The first-order valence-electron chi connectivity index (χ1n) is 12.0. The molecule has 1 aliphatic rings. The van der Waals surface area contributed by atoms with E-state index < -0.39 is 10.0 Å². The standard InChI is InChI=1S/C25H31N5O4S/c1-2-17-29-21-8-5-6-9-22(21)30(25(29)32)18-15-24(31)27-19-11-13-20(14-12-19)35(33,34)28-23-10-4-3-7-16-26-23/h5-6,8-9,11-14H,2-4,7,10,15-18H2,1H3,(H,26,28)(H,27,31). The molecule has 0 aliphatic carbocycles. The second-order valence-electron chi connectivity index (χ2n) is 8.64. The van der Waals surface area contributed by atoms with Gasteiger partial charge in [0, 0.05) is 38.2 Å². The second-order valence-corrected chi connectivity index (χ2v) is 10.3. The number of fused-ring (bicyclic) bond motifs is 1. The highest BCUT2D eigenvalue weighted by Crippen LogP contribution is 2.17. The van der Waals surface area contributed by atoms with E-state index in [9.17, 15) is 18.0 Å². The predicted octanol–water partition coefficient (Wildman–Crippen LogP) is 3.49. The Hall–Kier alpha value is -3.40. The normalized spacial score (nSPS) is 14.4. The highest BCUT2D eigenvalue weighted by atomic mass is 32.2. The summed E-state index contributed by atoms with van der Waals surface area (Å²) in [7, 11) is -3.73. The van der Waals surface area contributed by atoms with Gasteiger partial charge in [0.05, 0.1) is 15.9 Å². The van der Waals surface area contributed by atoms with E-state index >= 15 is 0 Å². The topological polar surface area (TPSA) is 115 Å². The van der Waals surface area contributed by atoms with Crippen molar-refractivity contribution in [3.8, 4) is 0 Å². The number of anilines is 1. The summed E-state index contributed by atoms with van der Waals surface area (Å²) in [5.74, 6) is 0.237. The van der Waals surface area contributed by atoms with E-state index in [0.717, 1.165) is 36.7 Å². The van der Waals surface area contributed by atoms with E-state index in [0.29, 0.717) is 31.0 Å². The summed E-state index contributed by atoms with van der Waals surface area (Å²) in [5.41, 5.74) is 2.03. The molecule has 9 nitrogen and oxygen atoms in total. The molecule has 2 heterocycles. The van der Waals surface area contributed by atoms with Crippen molar-refractivity contribution in [3.05, 3.63) is 59.0 Å². The van der Waals surface area contributed by atoms with Crippen LogP contribution in [0.1, 0.15) is 45.4 Å². The average Bonchev–Trinajstić information content (AvgIpc) is 2.98. The fourth-order valence-electron chi connectivity index (χ4n) is 4.25. The number of nitrogens with one attached hydrogen (secondary N) is 2. The molecule has 2 N–H and O–H groups in total. The molecule has 0 atom stereocenters. The smallest absolute Gasteiger partial charge is 0.326 e. The first-order valence-corrected chi connectivity index (χ1v) is 13.5. The number of imidazole rings is 1. The Balaban J connectivity index is 1.39. The van der Waals surface area contributed by atoms with Gasteiger partial charge in [0.15, 0.2) is 0 Å². The number of rotatable bonds is 8. The quantitative estimate of drug-likeness (QED) is 0.496. The lowest BCUT2D eigenvalue weighted by atomic mass is 10.2. The van der Waals surface area contributed by atoms with Crippen LogP contribution in [0.15, 0.2) is 63.2 Å². The third-order valence-corrected chi connectivity index (χ3v) is 7.41. The van der Waals surface area contributed by atoms with Gasteiger partial charge in [-0.05, 0) is 55.7 Å². The van der Waals surface area contributed by atoms with Crippen LogP contribution in [0.5, 0.6) is 0 Å². The number of para-hydroxylation sites is 2. The monoisotopic (exact) mass is 497 g/mol. The molecular weight excluding hydrogens is 466 g/mol. The van der Waals surface area contributed by atoms with Crippen molar-refractivity contribution in [1.82, 2.24) is 13.9 Å².